The van der Waals surface area contributed by atoms with Gasteiger partial charge in [-0.05, 0) is 24.6 Å². The Kier molecular flexibility index (Phi) is 4.08. The van der Waals surface area contributed by atoms with Crippen molar-refractivity contribution in [3.63, 3.8) is 0 Å². The van der Waals surface area contributed by atoms with Gasteiger partial charge in [-0.25, -0.2) is 0 Å². The second kappa shape index (κ2) is 5.76. The van der Waals surface area contributed by atoms with Gasteiger partial charge in [0.2, 0.25) is 0 Å². The maximum atomic E-state index is 8.76. The molecular weight excluding hydrogens is 212 g/mol. The highest BCUT2D eigenvalue weighted by Gasteiger charge is 2.23. The fourth-order valence-electron chi connectivity index (χ4n) is 2.39. The molecule has 1 aliphatic heterocycles. The fraction of sp³-hybridized carbons (Fsp3) is 0.538. The topological polar surface area (TPSA) is 52.0 Å². The highest BCUT2D eigenvalue weighted by molar-refractivity contribution is 5.09. The normalized spacial score (nSPS) is 25.4. The lowest BCUT2D eigenvalue weighted by Crippen LogP contribution is -2.54. The van der Waals surface area contributed by atoms with E-state index in [-0.39, 0.29) is 0 Å². The minimum absolute atomic E-state index is 0.297. The molecule has 1 aliphatic rings. The van der Waals surface area contributed by atoms with E-state index in [1.807, 2.05) is 24.5 Å². The molecule has 2 atom stereocenters. The zero-order valence-corrected chi connectivity index (χ0v) is 10.1. The predicted octanol–water partition coefficient (Wildman–Crippen LogP) is 1.16. The lowest BCUT2D eigenvalue weighted by molar-refractivity contribution is 0.161. The molecular formula is C13H18N4. The molecule has 0 bridgehead atoms. The van der Waals surface area contributed by atoms with Crippen LogP contribution in [-0.2, 0) is 6.54 Å². The molecule has 0 spiro atoms. The third kappa shape index (κ3) is 3.52. The molecule has 1 aromatic rings. The maximum absolute atomic E-state index is 8.76. The van der Waals surface area contributed by atoms with Gasteiger partial charge in [-0.1, -0.05) is 0 Å². The Balaban J connectivity index is 1.94. The van der Waals surface area contributed by atoms with Gasteiger partial charge in [0, 0.05) is 44.1 Å². The van der Waals surface area contributed by atoms with Crippen molar-refractivity contribution in [2.24, 2.45) is 0 Å². The van der Waals surface area contributed by atoms with E-state index >= 15 is 0 Å². The molecule has 90 valence electrons. The summed E-state index contributed by atoms with van der Waals surface area (Å²) in [7, 11) is 0. The summed E-state index contributed by atoms with van der Waals surface area (Å²) in [5.74, 6) is 0. The van der Waals surface area contributed by atoms with Crippen molar-refractivity contribution in [2.75, 3.05) is 13.1 Å². The highest BCUT2D eigenvalue weighted by Crippen LogP contribution is 2.11. The lowest BCUT2D eigenvalue weighted by Gasteiger charge is -2.36. The number of pyridine rings is 1. The minimum atomic E-state index is 0.297. The standard InChI is InChI=1S/C13H18N4/c1-11-8-17(10-13(16-11)2-5-14)9-12-3-6-15-7-4-12/h3-4,6-7,11,13,16H,2,8-10H2,1H3. The zero-order chi connectivity index (χ0) is 12.1. The first-order chi connectivity index (χ1) is 8.28. The quantitative estimate of drug-likeness (QED) is 0.846. The van der Waals surface area contributed by atoms with Crippen LogP contribution in [0.1, 0.15) is 18.9 Å². The van der Waals surface area contributed by atoms with E-state index in [4.69, 9.17) is 5.26 Å². The SMILES string of the molecule is CC1CN(Cc2ccncc2)CC(CC#N)N1. The number of rotatable bonds is 3. The van der Waals surface area contributed by atoms with E-state index in [0.29, 0.717) is 18.5 Å². The van der Waals surface area contributed by atoms with Crippen LogP contribution in [0.5, 0.6) is 0 Å². The van der Waals surface area contributed by atoms with Crippen LogP contribution in [0, 0.1) is 11.3 Å². The van der Waals surface area contributed by atoms with Crippen LogP contribution in [0.2, 0.25) is 0 Å². The summed E-state index contributed by atoms with van der Waals surface area (Å²) in [6.07, 6.45) is 4.23. The van der Waals surface area contributed by atoms with Gasteiger partial charge in [0.25, 0.3) is 0 Å². The summed E-state index contributed by atoms with van der Waals surface area (Å²) < 4.78 is 0. The molecule has 2 unspecified atom stereocenters. The van der Waals surface area contributed by atoms with Gasteiger partial charge in [-0.2, -0.15) is 5.26 Å². The molecule has 17 heavy (non-hydrogen) atoms. The monoisotopic (exact) mass is 230 g/mol. The number of nitrogens with one attached hydrogen (secondary N) is 1. The maximum Gasteiger partial charge on any atom is 0.0638 e. The molecule has 1 fully saturated rings. The molecule has 1 N–H and O–H groups in total. The molecule has 4 nitrogen and oxygen atoms in total. The van der Waals surface area contributed by atoms with Crippen molar-refractivity contribution >= 4 is 0 Å². The highest BCUT2D eigenvalue weighted by atomic mass is 15.2. The van der Waals surface area contributed by atoms with Crippen molar-refractivity contribution in [2.45, 2.75) is 32.0 Å². The van der Waals surface area contributed by atoms with Crippen molar-refractivity contribution in [3.05, 3.63) is 30.1 Å². The van der Waals surface area contributed by atoms with Crippen LogP contribution >= 0.6 is 0 Å². The second-order valence-corrected chi connectivity index (χ2v) is 4.68. The van der Waals surface area contributed by atoms with Crippen molar-refractivity contribution < 1.29 is 0 Å². The predicted molar refractivity (Wildman–Crippen MR) is 66.1 cm³/mol. The molecule has 0 aliphatic carbocycles. The Labute approximate surface area is 102 Å². The van der Waals surface area contributed by atoms with Crippen molar-refractivity contribution in [1.82, 2.24) is 15.2 Å². The van der Waals surface area contributed by atoms with Gasteiger partial charge in [-0.15, -0.1) is 0 Å². The van der Waals surface area contributed by atoms with Crippen molar-refractivity contribution in [1.29, 1.82) is 5.26 Å². The van der Waals surface area contributed by atoms with Crippen LogP contribution < -0.4 is 5.32 Å². The Hall–Kier alpha value is -1.44. The third-order valence-corrected chi connectivity index (χ3v) is 3.02. The van der Waals surface area contributed by atoms with Crippen LogP contribution in [0.15, 0.2) is 24.5 Å². The molecule has 0 radical (unpaired) electrons. The third-order valence-electron chi connectivity index (χ3n) is 3.02. The van der Waals surface area contributed by atoms with E-state index in [1.165, 1.54) is 5.56 Å². The smallest absolute Gasteiger partial charge is 0.0638 e. The molecule has 0 amide bonds. The van der Waals surface area contributed by atoms with Crippen LogP contribution in [0.25, 0.3) is 0 Å². The number of aromatic nitrogens is 1. The number of hydrogen-bond donors (Lipinski definition) is 1. The summed E-state index contributed by atoms with van der Waals surface area (Å²) in [5.41, 5.74) is 1.28. The number of hydrogen-bond acceptors (Lipinski definition) is 4. The van der Waals surface area contributed by atoms with Gasteiger partial charge in [-0.3, -0.25) is 9.88 Å². The molecule has 0 saturated carbocycles. The summed E-state index contributed by atoms with van der Waals surface area (Å²) in [4.78, 5) is 6.43. The number of piperazine rings is 1. The number of nitrogens with zero attached hydrogens (tertiary/aromatic N) is 3. The molecule has 2 heterocycles. The fourth-order valence-corrected chi connectivity index (χ4v) is 2.39. The van der Waals surface area contributed by atoms with Gasteiger partial charge < -0.3 is 5.32 Å². The average Bonchev–Trinajstić information content (AvgIpc) is 2.30. The second-order valence-electron chi connectivity index (χ2n) is 4.68. The van der Waals surface area contributed by atoms with Gasteiger partial charge >= 0.3 is 0 Å². The van der Waals surface area contributed by atoms with Gasteiger partial charge in [0.15, 0.2) is 0 Å². The van der Waals surface area contributed by atoms with E-state index in [1.54, 1.807) is 0 Å². The zero-order valence-electron chi connectivity index (χ0n) is 10.1. The molecule has 4 heteroatoms. The van der Waals surface area contributed by atoms with Gasteiger partial charge in [0.05, 0.1) is 12.5 Å². The first-order valence-corrected chi connectivity index (χ1v) is 6.02. The van der Waals surface area contributed by atoms with Gasteiger partial charge in [0.1, 0.15) is 0 Å². The first-order valence-electron chi connectivity index (χ1n) is 6.02. The molecule has 0 aromatic carbocycles. The summed E-state index contributed by atoms with van der Waals surface area (Å²) in [6, 6.07) is 7.08. The van der Waals surface area contributed by atoms with E-state index < -0.39 is 0 Å². The summed E-state index contributed by atoms with van der Waals surface area (Å²) in [6.45, 7) is 5.09. The largest absolute Gasteiger partial charge is 0.308 e. The first kappa shape index (κ1) is 12.0. The Morgan fingerprint density at radius 3 is 2.94 bits per heavy atom. The van der Waals surface area contributed by atoms with Crippen LogP contribution in [-0.4, -0.2) is 35.1 Å². The van der Waals surface area contributed by atoms with Crippen LogP contribution in [0.4, 0.5) is 0 Å². The Morgan fingerprint density at radius 2 is 2.24 bits per heavy atom. The lowest BCUT2D eigenvalue weighted by atomic mass is 10.1. The van der Waals surface area contributed by atoms with E-state index in [2.05, 4.69) is 28.2 Å². The Morgan fingerprint density at radius 1 is 1.47 bits per heavy atom. The number of nitriles is 1. The summed E-state index contributed by atoms with van der Waals surface area (Å²) in [5, 5.41) is 12.2. The van der Waals surface area contributed by atoms with Crippen LogP contribution in [0.3, 0.4) is 0 Å². The van der Waals surface area contributed by atoms with E-state index in [0.717, 1.165) is 19.6 Å². The average molecular weight is 230 g/mol. The molecule has 2 rings (SSSR count). The van der Waals surface area contributed by atoms with E-state index in [9.17, 15) is 0 Å². The molecule has 1 saturated heterocycles. The van der Waals surface area contributed by atoms with Crippen molar-refractivity contribution in [3.8, 4) is 6.07 Å². The Bertz CT molecular complexity index is 384. The molecule has 1 aromatic heterocycles. The minimum Gasteiger partial charge on any atom is -0.308 e. The summed E-state index contributed by atoms with van der Waals surface area (Å²) >= 11 is 0.